The molecule has 0 spiro atoms. The Morgan fingerprint density at radius 1 is 0.923 bits per heavy atom. The van der Waals surface area contributed by atoms with Crippen molar-refractivity contribution < 1.29 is 0 Å². The van der Waals surface area contributed by atoms with E-state index in [-0.39, 0.29) is 0 Å². The van der Waals surface area contributed by atoms with Crippen LogP contribution < -0.4 is 4.90 Å². The molecule has 1 aromatic rings. The second-order valence-corrected chi connectivity index (χ2v) is 2.71. The normalized spacial score (nSPS) is 11.2. The van der Waals surface area contributed by atoms with Gasteiger partial charge in [-0.05, 0) is 26.0 Å². The summed E-state index contributed by atoms with van der Waals surface area (Å²) in [5.74, 6) is 0. The van der Waals surface area contributed by atoms with Crippen LogP contribution in [0.2, 0.25) is 0 Å². The number of allylic oxidation sites excluding steroid dienone is 2. The Morgan fingerprint density at radius 3 is 1.92 bits per heavy atom. The molecule has 68 valence electrons. The molecule has 0 aliphatic heterocycles. The number of anilines is 1. The number of rotatable bonds is 3. The molecule has 0 fully saturated rings. The van der Waals surface area contributed by atoms with Crippen molar-refractivity contribution in [1.29, 1.82) is 0 Å². The van der Waals surface area contributed by atoms with Crippen molar-refractivity contribution in [3.05, 3.63) is 54.9 Å². The quantitative estimate of drug-likeness (QED) is 0.675. The van der Waals surface area contributed by atoms with Gasteiger partial charge in [0.15, 0.2) is 0 Å². The number of benzene rings is 1. The first-order valence-corrected chi connectivity index (χ1v) is 4.47. The molecule has 0 radical (unpaired) electrons. The highest BCUT2D eigenvalue weighted by Crippen LogP contribution is 2.13. The Balaban J connectivity index is 2.88. The Morgan fingerprint density at radius 2 is 1.46 bits per heavy atom. The average molecular weight is 173 g/mol. The van der Waals surface area contributed by atoms with E-state index >= 15 is 0 Å². The van der Waals surface area contributed by atoms with Gasteiger partial charge in [0.2, 0.25) is 0 Å². The van der Waals surface area contributed by atoms with Crippen LogP contribution in [0.1, 0.15) is 13.8 Å². The molecule has 1 nitrogen and oxygen atoms in total. The van der Waals surface area contributed by atoms with Gasteiger partial charge in [-0.1, -0.05) is 30.4 Å². The van der Waals surface area contributed by atoms with Gasteiger partial charge in [-0.2, -0.15) is 0 Å². The van der Waals surface area contributed by atoms with Crippen molar-refractivity contribution in [2.45, 2.75) is 13.8 Å². The molecule has 0 unspecified atom stereocenters. The molecule has 0 N–H and O–H groups in total. The van der Waals surface area contributed by atoms with E-state index in [9.17, 15) is 0 Å². The monoisotopic (exact) mass is 173 g/mol. The second kappa shape index (κ2) is 5.20. The SMILES string of the molecule is CC=CN(C=CC)c1ccccc1. The number of nitrogens with zero attached hydrogens (tertiary/aromatic N) is 1. The molecule has 0 amide bonds. The van der Waals surface area contributed by atoms with Crippen LogP contribution in [0.4, 0.5) is 5.69 Å². The van der Waals surface area contributed by atoms with Crippen molar-refractivity contribution in [3.8, 4) is 0 Å². The summed E-state index contributed by atoms with van der Waals surface area (Å²) in [6.07, 6.45) is 8.12. The molecule has 0 aromatic heterocycles. The maximum Gasteiger partial charge on any atom is 0.0449 e. The molecular weight excluding hydrogens is 158 g/mol. The lowest BCUT2D eigenvalue weighted by atomic mass is 10.3. The van der Waals surface area contributed by atoms with Crippen LogP contribution in [0.5, 0.6) is 0 Å². The van der Waals surface area contributed by atoms with Crippen LogP contribution in [0, 0.1) is 0 Å². The summed E-state index contributed by atoms with van der Waals surface area (Å²) in [4.78, 5) is 2.08. The first-order chi connectivity index (χ1) is 6.38. The first kappa shape index (κ1) is 9.59. The van der Waals surface area contributed by atoms with Crippen molar-refractivity contribution in [3.63, 3.8) is 0 Å². The summed E-state index contributed by atoms with van der Waals surface area (Å²) < 4.78 is 0. The fraction of sp³-hybridized carbons (Fsp3) is 0.167. The molecule has 0 aliphatic carbocycles. The standard InChI is InChI=1S/C12H15N/c1-3-10-13(11-4-2)12-8-6-5-7-9-12/h3-11H,1-2H3. The zero-order valence-electron chi connectivity index (χ0n) is 8.14. The molecule has 0 bridgehead atoms. The van der Waals surface area contributed by atoms with Crippen molar-refractivity contribution in [2.75, 3.05) is 4.90 Å². The molecule has 13 heavy (non-hydrogen) atoms. The van der Waals surface area contributed by atoms with E-state index < -0.39 is 0 Å². The molecule has 0 saturated carbocycles. The maximum atomic E-state index is 2.08. The molecule has 0 saturated heterocycles. The van der Waals surface area contributed by atoms with Gasteiger partial charge in [0.25, 0.3) is 0 Å². The van der Waals surface area contributed by atoms with E-state index in [1.54, 1.807) is 0 Å². The van der Waals surface area contributed by atoms with Crippen LogP contribution in [0.15, 0.2) is 54.9 Å². The lowest BCUT2D eigenvalue weighted by molar-refractivity contribution is 1.26. The summed E-state index contributed by atoms with van der Waals surface area (Å²) in [5, 5.41) is 0. The minimum atomic E-state index is 1.18. The highest BCUT2D eigenvalue weighted by Gasteiger charge is 1.94. The highest BCUT2D eigenvalue weighted by atomic mass is 15.1. The van der Waals surface area contributed by atoms with E-state index in [0.717, 1.165) is 0 Å². The topological polar surface area (TPSA) is 3.24 Å². The van der Waals surface area contributed by atoms with Gasteiger partial charge < -0.3 is 4.90 Å². The van der Waals surface area contributed by atoms with Crippen LogP contribution in [0.3, 0.4) is 0 Å². The number of hydrogen-bond donors (Lipinski definition) is 0. The fourth-order valence-electron chi connectivity index (χ4n) is 1.14. The minimum Gasteiger partial charge on any atom is -0.325 e. The van der Waals surface area contributed by atoms with E-state index in [4.69, 9.17) is 0 Å². The lowest BCUT2D eigenvalue weighted by Gasteiger charge is -2.14. The van der Waals surface area contributed by atoms with Gasteiger partial charge in [0, 0.05) is 18.1 Å². The van der Waals surface area contributed by atoms with Gasteiger partial charge in [0.05, 0.1) is 0 Å². The maximum absolute atomic E-state index is 2.08. The average Bonchev–Trinajstić information content (AvgIpc) is 2.19. The molecule has 0 heterocycles. The molecule has 1 heteroatoms. The van der Waals surface area contributed by atoms with Gasteiger partial charge in [-0.25, -0.2) is 0 Å². The van der Waals surface area contributed by atoms with E-state index in [2.05, 4.69) is 17.0 Å². The molecular formula is C12H15N. The predicted octanol–water partition coefficient (Wildman–Crippen LogP) is 3.56. The zero-order chi connectivity index (χ0) is 9.52. The summed E-state index contributed by atoms with van der Waals surface area (Å²) in [7, 11) is 0. The van der Waals surface area contributed by atoms with Crippen LogP contribution >= 0.6 is 0 Å². The third-order valence-electron chi connectivity index (χ3n) is 1.67. The first-order valence-electron chi connectivity index (χ1n) is 4.47. The van der Waals surface area contributed by atoms with Crippen molar-refractivity contribution >= 4 is 5.69 Å². The lowest BCUT2D eigenvalue weighted by Crippen LogP contribution is -2.05. The fourth-order valence-corrected chi connectivity index (χ4v) is 1.14. The predicted molar refractivity (Wildman–Crippen MR) is 58.5 cm³/mol. The summed E-state index contributed by atoms with van der Waals surface area (Å²) in [6.45, 7) is 4.03. The Bertz CT molecular complexity index is 273. The zero-order valence-corrected chi connectivity index (χ0v) is 8.14. The second-order valence-electron chi connectivity index (χ2n) is 2.71. The van der Waals surface area contributed by atoms with Gasteiger partial charge in [-0.15, -0.1) is 0 Å². The summed E-state index contributed by atoms with van der Waals surface area (Å²) in [5.41, 5.74) is 1.18. The number of hydrogen-bond acceptors (Lipinski definition) is 1. The molecule has 0 aliphatic rings. The van der Waals surface area contributed by atoms with Crippen LogP contribution in [0.25, 0.3) is 0 Å². The Labute approximate surface area is 80.0 Å². The molecule has 1 aromatic carbocycles. The Kier molecular flexibility index (Phi) is 3.83. The summed E-state index contributed by atoms with van der Waals surface area (Å²) >= 11 is 0. The third-order valence-corrected chi connectivity index (χ3v) is 1.67. The van der Waals surface area contributed by atoms with Crippen molar-refractivity contribution in [1.82, 2.24) is 0 Å². The highest BCUT2D eigenvalue weighted by molar-refractivity contribution is 5.51. The van der Waals surface area contributed by atoms with Crippen LogP contribution in [-0.2, 0) is 0 Å². The van der Waals surface area contributed by atoms with Gasteiger partial charge >= 0.3 is 0 Å². The Hall–Kier alpha value is -1.50. The largest absolute Gasteiger partial charge is 0.325 e. The van der Waals surface area contributed by atoms with E-state index in [1.807, 2.05) is 56.6 Å². The van der Waals surface area contributed by atoms with Gasteiger partial charge in [-0.3, -0.25) is 0 Å². The third kappa shape index (κ3) is 2.79. The minimum absolute atomic E-state index is 1.18. The smallest absolute Gasteiger partial charge is 0.0449 e. The summed E-state index contributed by atoms with van der Waals surface area (Å²) in [6, 6.07) is 10.3. The molecule has 0 atom stereocenters. The van der Waals surface area contributed by atoms with E-state index in [0.29, 0.717) is 0 Å². The molecule has 1 rings (SSSR count). The van der Waals surface area contributed by atoms with E-state index in [1.165, 1.54) is 5.69 Å². The van der Waals surface area contributed by atoms with Gasteiger partial charge in [0.1, 0.15) is 0 Å². The van der Waals surface area contributed by atoms with Crippen LogP contribution in [-0.4, -0.2) is 0 Å². The van der Waals surface area contributed by atoms with Crippen molar-refractivity contribution in [2.24, 2.45) is 0 Å². The number of para-hydroxylation sites is 1.